The Morgan fingerprint density at radius 3 is 2.69 bits per heavy atom. The number of amides is 1. The third-order valence-corrected chi connectivity index (χ3v) is 7.91. The molecule has 0 unspecified atom stereocenters. The molecule has 0 spiro atoms. The number of piperidine rings is 1. The highest BCUT2D eigenvalue weighted by atomic mass is 35.5. The lowest BCUT2D eigenvalue weighted by Gasteiger charge is -2.38. The first-order valence-electron chi connectivity index (χ1n) is 11.6. The average molecular weight is 475 g/mol. The third-order valence-electron chi connectivity index (χ3n) is 6.45. The molecule has 0 saturated carbocycles. The number of rotatable bonds is 6. The summed E-state index contributed by atoms with van der Waals surface area (Å²) in [6.45, 7) is 5.44. The number of nitrogens with zero attached hydrogens (tertiary/aromatic N) is 1. The Morgan fingerprint density at radius 2 is 2.00 bits per heavy atom. The molecule has 0 bridgehead atoms. The van der Waals surface area contributed by atoms with Gasteiger partial charge in [-0.05, 0) is 81.8 Å². The summed E-state index contributed by atoms with van der Waals surface area (Å²) >= 11 is 8.14. The van der Waals surface area contributed by atoms with Crippen molar-refractivity contribution in [3.63, 3.8) is 0 Å². The molecule has 2 heterocycles. The highest BCUT2D eigenvalue weighted by molar-refractivity contribution is 7.16. The van der Waals surface area contributed by atoms with E-state index in [-0.39, 0.29) is 23.8 Å². The van der Waals surface area contributed by atoms with Crippen molar-refractivity contribution in [1.82, 2.24) is 4.90 Å². The molecule has 172 valence electrons. The molecule has 7 heteroatoms. The fraction of sp³-hybridized carbons (Fsp3) is 0.520. The van der Waals surface area contributed by atoms with Crippen molar-refractivity contribution in [3.05, 3.63) is 50.9 Å². The van der Waals surface area contributed by atoms with Gasteiger partial charge < -0.3 is 10.1 Å². The molecule has 5 nitrogen and oxygen atoms in total. The fourth-order valence-corrected chi connectivity index (χ4v) is 6.59. The summed E-state index contributed by atoms with van der Waals surface area (Å²) in [6, 6.07) is 8.04. The van der Waals surface area contributed by atoms with Crippen molar-refractivity contribution in [1.29, 1.82) is 0 Å². The molecule has 1 aliphatic carbocycles. The number of carbonyl (C=O) groups is 2. The number of hydrogen-bond acceptors (Lipinski definition) is 5. The zero-order chi connectivity index (χ0) is 22.7. The van der Waals surface area contributed by atoms with Gasteiger partial charge >= 0.3 is 5.97 Å². The molecule has 1 N–H and O–H groups in total. The molecule has 1 atom stereocenters. The number of thiophene rings is 1. The van der Waals surface area contributed by atoms with Gasteiger partial charge in [0.25, 0.3) is 0 Å². The minimum Gasteiger partial charge on any atom is -0.466 e. The zero-order valence-corrected chi connectivity index (χ0v) is 20.4. The van der Waals surface area contributed by atoms with E-state index in [0.29, 0.717) is 11.6 Å². The first-order valence-corrected chi connectivity index (χ1v) is 12.8. The van der Waals surface area contributed by atoms with Gasteiger partial charge in [0.2, 0.25) is 5.91 Å². The van der Waals surface area contributed by atoms with Crippen LogP contribution < -0.4 is 5.32 Å². The summed E-state index contributed by atoms with van der Waals surface area (Å²) in [7, 11) is 0. The Hall–Kier alpha value is -1.89. The van der Waals surface area contributed by atoms with Crippen LogP contribution in [-0.4, -0.2) is 36.5 Å². The number of likely N-dealkylation sites (tertiary alicyclic amines) is 1. The van der Waals surface area contributed by atoms with Crippen LogP contribution in [0.3, 0.4) is 0 Å². The number of anilines is 1. The molecule has 0 radical (unpaired) electrons. The van der Waals surface area contributed by atoms with Crippen molar-refractivity contribution in [2.45, 2.75) is 58.4 Å². The van der Waals surface area contributed by atoms with Gasteiger partial charge in [0.05, 0.1) is 18.6 Å². The second kappa shape index (κ2) is 10.4. The van der Waals surface area contributed by atoms with E-state index in [1.165, 1.54) is 28.8 Å². The summed E-state index contributed by atoms with van der Waals surface area (Å²) in [5, 5.41) is 4.79. The molecule has 1 amide bonds. The first-order chi connectivity index (χ1) is 15.5. The van der Waals surface area contributed by atoms with Gasteiger partial charge in [0, 0.05) is 22.4 Å². The van der Waals surface area contributed by atoms with Crippen molar-refractivity contribution < 1.29 is 14.3 Å². The lowest BCUT2D eigenvalue weighted by molar-refractivity contribution is -0.149. The van der Waals surface area contributed by atoms with Crippen molar-refractivity contribution in [3.8, 4) is 0 Å². The maximum absolute atomic E-state index is 12.3. The number of halogens is 1. The largest absolute Gasteiger partial charge is 0.466 e. The van der Waals surface area contributed by atoms with Crippen molar-refractivity contribution in [2.75, 3.05) is 25.0 Å². The Kier molecular flexibility index (Phi) is 7.54. The van der Waals surface area contributed by atoms with Gasteiger partial charge in [-0.15, -0.1) is 11.3 Å². The fourth-order valence-electron chi connectivity index (χ4n) is 5.02. The second-order valence-corrected chi connectivity index (χ2v) is 10.2. The van der Waals surface area contributed by atoms with Crippen LogP contribution in [0.4, 0.5) is 5.00 Å². The SMILES string of the molecule is CCOC(=O)C1CCN([C@H](c2cccc(Cl)c2)c2c(NC(C)=O)sc3c2CCCC3)CC1. The molecule has 1 aromatic carbocycles. The highest BCUT2D eigenvalue weighted by Crippen LogP contribution is 2.46. The van der Waals surface area contributed by atoms with Crippen molar-refractivity contribution in [2.24, 2.45) is 5.92 Å². The number of aryl methyl sites for hydroxylation is 1. The number of nitrogens with one attached hydrogen (secondary N) is 1. The normalized spacial score (nSPS) is 18.1. The van der Waals surface area contributed by atoms with Gasteiger partial charge in [-0.1, -0.05) is 23.7 Å². The number of ether oxygens (including phenoxy) is 1. The van der Waals surface area contributed by atoms with Gasteiger partial charge in [0.1, 0.15) is 5.00 Å². The van der Waals surface area contributed by atoms with Crippen molar-refractivity contribution >= 4 is 39.8 Å². The predicted octanol–water partition coefficient (Wildman–Crippen LogP) is 5.60. The van der Waals surface area contributed by atoms with E-state index in [2.05, 4.69) is 16.3 Å². The molecule has 1 saturated heterocycles. The summed E-state index contributed by atoms with van der Waals surface area (Å²) < 4.78 is 5.27. The molecular weight excluding hydrogens is 444 g/mol. The molecule has 1 aliphatic heterocycles. The molecule has 32 heavy (non-hydrogen) atoms. The minimum absolute atomic E-state index is 0.00297. The van der Waals surface area contributed by atoms with E-state index in [1.807, 2.05) is 25.1 Å². The van der Waals surface area contributed by atoms with Gasteiger partial charge in [-0.2, -0.15) is 0 Å². The molecule has 4 rings (SSSR count). The monoisotopic (exact) mass is 474 g/mol. The number of carbonyl (C=O) groups excluding carboxylic acids is 2. The van der Waals surface area contributed by atoms with Gasteiger partial charge in [0.15, 0.2) is 0 Å². The van der Waals surface area contributed by atoms with Crippen LogP contribution in [0.5, 0.6) is 0 Å². The van der Waals surface area contributed by atoms with Crippen LogP contribution in [0.1, 0.15) is 67.1 Å². The average Bonchev–Trinajstić information content (AvgIpc) is 3.12. The Morgan fingerprint density at radius 1 is 1.25 bits per heavy atom. The first kappa shape index (κ1) is 23.3. The lowest BCUT2D eigenvalue weighted by Crippen LogP contribution is -2.40. The summed E-state index contributed by atoms with van der Waals surface area (Å²) in [6.07, 6.45) is 6.02. The Bertz CT molecular complexity index is 982. The molecular formula is C25H31ClN2O3S. The molecule has 1 aromatic heterocycles. The lowest BCUT2D eigenvalue weighted by atomic mass is 9.87. The Labute approximate surface area is 199 Å². The number of esters is 1. The topological polar surface area (TPSA) is 58.6 Å². The van der Waals surface area contributed by atoms with Crippen LogP contribution in [0, 0.1) is 5.92 Å². The number of fused-ring (bicyclic) bond motifs is 1. The van der Waals surface area contributed by atoms with E-state index in [4.69, 9.17) is 16.3 Å². The molecule has 2 aromatic rings. The molecule has 2 aliphatic rings. The standard InChI is InChI=1S/C25H31ClN2O3S/c1-3-31-25(30)17-11-13-28(14-12-17)23(18-7-6-8-19(26)15-18)22-20-9-4-5-10-21(20)32-24(22)27-16(2)29/h6-8,15,17,23H,3-5,9-14H2,1-2H3,(H,27,29)/t23-/m1/s1. The van der Waals surface area contributed by atoms with E-state index >= 15 is 0 Å². The number of benzene rings is 1. The predicted molar refractivity (Wildman–Crippen MR) is 129 cm³/mol. The van der Waals surface area contributed by atoms with Gasteiger partial charge in [-0.3, -0.25) is 14.5 Å². The Balaban J connectivity index is 1.73. The second-order valence-electron chi connectivity index (χ2n) is 8.65. The maximum Gasteiger partial charge on any atom is 0.309 e. The smallest absolute Gasteiger partial charge is 0.309 e. The van der Waals surface area contributed by atoms with Crippen LogP contribution >= 0.6 is 22.9 Å². The van der Waals surface area contributed by atoms with Crippen LogP contribution in [0.25, 0.3) is 0 Å². The van der Waals surface area contributed by atoms with E-state index < -0.39 is 0 Å². The quantitative estimate of drug-likeness (QED) is 0.553. The van der Waals surface area contributed by atoms with Gasteiger partial charge in [-0.25, -0.2) is 0 Å². The van der Waals surface area contributed by atoms with E-state index in [9.17, 15) is 9.59 Å². The maximum atomic E-state index is 12.3. The highest BCUT2D eigenvalue weighted by Gasteiger charge is 2.35. The minimum atomic E-state index is -0.0849. The summed E-state index contributed by atoms with van der Waals surface area (Å²) in [5.74, 6) is -0.175. The van der Waals surface area contributed by atoms with E-state index in [1.54, 1.807) is 18.3 Å². The molecule has 1 fully saturated rings. The zero-order valence-electron chi connectivity index (χ0n) is 18.8. The third kappa shape index (κ3) is 5.03. The van der Waals surface area contributed by atoms with Crippen LogP contribution in [0.15, 0.2) is 24.3 Å². The van der Waals surface area contributed by atoms with E-state index in [0.717, 1.165) is 49.3 Å². The van der Waals surface area contributed by atoms with Crippen LogP contribution in [-0.2, 0) is 27.2 Å². The van der Waals surface area contributed by atoms with Crippen LogP contribution in [0.2, 0.25) is 5.02 Å². The summed E-state index contributed by atoms with van der Waals surface area (Å²) in [4.78, 5) is 28.2. The number of hydrogen-bond donors (Lipinski definition) is 1. The summed E-state index contributed by atoms with van der Waals surface area (Å²) in [5.41, 5.74) is 3.74.